The summed E-state index contributed by atoms with van der Waals surface area (Å²) in [5, 5.41) is 7.13. The van der Waals surface area contributed by atoms with Gasteiger partial charge in [0.2, 0.25) is 0 Å². The van der Waals surface area contributed by atoms with Gasteiger partial charge in [-0.05, 0) is 101 Å². The van der Waals surface area contributed by atoms with Crippen molar-refractivity contribution in [2.45, 2.75) is 0 Å². The Balaban J connectivity index is 0.975. The van der Waals surface area contributed by atoms with Gasteiger partial charge in [-0.15, -0.1) is 11.3 Å². The number of fused-ring (bicyclic) bond motifs is 9. The molecule has 14 aromatic rings. The van der Waals surface area contributed by atoms with Gasteiger partial charge in [0.05, 0.1) is 27.8 Å². The van der Waals surface area contributed by atoms with Crippen LogP contribution in [0.2, 0.25) is 0 Å². The summed E-state index contributed by atoms with van der Waals surface area (Å²) in [6, 6.07) is 84.6. The van der Waals surface area contributed by atoms with Gasteiger partial charge in [0.25, 0.3) is 0 Å². The first-order chi connectivity index (χ1) is 34.2. The molecule has 0 aliphatic heterocycles. The first kappa shape index (κ1) is 39.2. The molecule has 0 unspecified atom stereocenters. The van der Waals surface area contributed by atoms with Crippen LogP contribution in [0.1, 0.15) is 0 Å². The van der Waals surface area contributed by atoms with E-state index in [-0.39, 0.29) is 0 Å². The van der Waals surface area contributed by atoms with Crippen molar-refractivity contribution in [2.24, 2.45) is 0 Å². The lowest BCUT2D eigenvalue weighted by Crippen LogP contribution is -2.01. The Labute approximate surface area is 401 Å². The van der Waals surface area contributed by atoms with E-state index in [1.54, 1.807) is 0 Å². The van der Waals surface area contributed by atoms with Gasteiger partial charge in [0.1, 0.15) is 0 Å². The second kappa shape index (κ2) is 15.8. The molecule has 0 saturated carbocycles. The molecular formula is C63H39N5S. The average molecular weight is 898 g/mol. The Hall–Kier alpha value is -8.97. The fourth-order valence-electron chi connectivity index (χ4n) is 10.4. The van der Waals surface area contributed by atoms with Crippen LogP contribution in [-0.2, 0) is 0 Å². The van der Waals surface area contributed by atoms with Crippen LogP contribution in [0.25, 0.3) is 132 Å². The maximum Gasteiger partial charge on any atom is 0.164 e. The van der Waals surface area contributed by atoms with E-state index in [1.165, 1.54) is 42.1 Å². The summed E-state index contributed by atoms with van der Waals surface area (Å²) in [4.78, 5) is 15.8. The molecule has 4 aromatic heterocycles. The summed E-state index contributed by atoms with van der Waals surface area (Å²) in [7, 11) is 0. The quantitative estimate of drug-likeness (QED) is 0.160. The van der Waals surface area contributed by atoms with Crippen molar-refractivity contribution in [3.8, 4) is 67.8 Å². The lowest BCUT2D eigenvalue weighted by Gasteiger charge is -2.15. The van der Waals surface area contributed by atoms with Gasteiger partial charge in [-0.1, -0.05) is 158 Å². The van der Waals surface area contributed by atoms with Gasteiger partial charge >= 0.3 is 0 Å². The van der Waals surface area contributed by atoms with Crippen molar-refractivity contribution in [3.63, 3.8) is 0 Å². The summed E-state index contributed by atoms with van der Waals surface area (Å²) in [5.41, 5.74) is 14.2. The van der Waals surface area contributed by atoms with Crippen molar-refractivity contribution < 1.29 is 0 Å². The maximum atomic E-state index is 5.31. The van der Waals surface area contributed by atoms with Gasteiger partial charge in [-0.3, -0.25) is 0 Å². The minimum atomic E-state index is 0.620. The molecule has 0 bridgehead atoms. The number of nitrogens with zero attached hydrogens (tertiary/aromatic N) is 5. The third-order valence-electron chi connectivity index (χ3n) is 13.6. The van der Waals surface area contributed by atoms with E-state index >= 15 is 0 Å². The highest BCUT2D eigenvalue weighted by Gasteiger charge is 2.22. The van der Waals surface area contributed by atoms with Gasteiger partial charge in [0, 0.05) is 64.1 Å². The highest BCUT2D eigenvalue weighted by atomic mass is 32.1. The Kier molecular flexibility index (Phi) is 9.00. The van der Waals surface area contributed by atoms with E-state index in [4.69, 9.17) is 15.0 Å². The smallest absolute Gasteiger partial charge is 0.164 e. The monoisotopic (exact) mass is 897 g/mol. The average Bonchev–Trinajstić information content (AvgIpc) is 4.09. The van der Waals surface area contributed by atoms with Crippen LogP contribution < -0.4 is 0 Å². The molecule has 0 saturated heterocycles. The Bertz CT molecular complexity index is 4320. The Morgan fingerprint density at radius 1 is 0.275 bits per heavy atom. The first-order valence-electron chi connectivity index (χ1n) is 23.3. The number of thiophene rings is 1. The normalized spacial score (nSPS) is 11.8. The fraction of sp³-hybridized carbons (Fsp3) is 0. The van der Waals surface area contributed by atoms with Gasteiger partial charge in [-0.25, -0.2) is 15.0 Å². The fourth-order valence-corrected chi connectivity index (χ4v) is 11.5. The molecular weight excluding hydrogens is 859 g/mol. The van der Waals surface area contributed by atoms with E-state index < -0.39 is 0 Å². The molecule has 5 nitrogen and oxygen atoms in total. The molecule has 0 aliphatic carbocycles. The lowest BCUT2D eigenvalue weighted by atomic mass is 10.0. The van der Waals surface area contributed by atoms with Crippen LogP contribution in [0.15, 0.2) is 237 Å². The van der Waals surface area contributed by atoms with E-state index in [1.807, 2.05) is 17.4 Å². The zero-order valence-electron chi connectivity index (χ0n) is 37.2. The maximum absolute atomic E-state index is 5.31. The first-order valence-corrected chi connectivity index (χ1v) is 24.1. The van der Waals surface area contributed by atoms with Gasteiger partial charge in [0.15, 0.2) is 17.5 Å². The number of hydrogen-bond acceptors (Lipinski definition) is 4. The van der Waals surface area contributed by atoms with Crippen molar-refractivity contribution in [1.29, 1.82) is 0 Å². The second-order valence-corrected chi connectivity index (χ2v) is 18.7. The summed E-state index contributed by atoms with van der Waals surface area (Å²) < 4.78 is 7.39. The van der Waals surface area contributed by atoms with E-state index in [0.717, 1.165) is 72.0 Å². The van der Waals surface area contributed by atoms with Crippen molar-refractivity contribution in [1.82, 2.24) is 24.1 Å². The van der Waals surface area contributed by atoms with Crippen LogP contribution in [0.5, 0.6) is 0 Å². The number of rotatable bonds is 7. The van der Waals surface area contributed by atoms with Crippen LogP contribution in [0, 0.1) is 0 Å². The summed E-state index contributed by atoms with van der Waals surface area (Å²) in [5.74, 6) is 1.88. The van der Waals surface area contributed by atoms with E-state index in [9.17, 15) is 0 Å². The third-order valence-corrected chi connectivity index (χ3v) is 14.7. The zero-order valence-corrected chi connectivity index (χ0v) is 38.0. The van der Waals surface area contributed by atoms with E-state index in [0.29, 0.717) is 17.5 Å². The highest BCUT2D eigenvalue weighted by molar-refractivity contribution is 7.25. The van der Waals surface area contributed by atoms with Crippen LogP contribution in [0.4, 0.5) is 0 Å². The molecule has 0 spiro atoms. The molecule has 14 rings (SSSR count). The van der Waals surface area contributed by atoms with Crippen LogP contribution in [0.3, 0.4) is 0 Å². The number of aromatic nitrogens is 5. The second-order valence-electron chi connectivity index (χ2n) is 17.6. The molecule has 6 heteroatoms. The topological polar surface area (TPSA) is 48.5 Å². The highest BCUT2D eigenvalue weighted by Crippen LogP contribution is 2.42. The molecule has 0 atom stereocenters. The van der Waals surface area contributed by atoms with Gasteiger partial charge in [-0.2, -0.15) is 0 Å². The van der Waals surface area contributed by atoms with Crippen molar-refractivity contribution in [2.75, 3.05) is 0 Å². The number of hydrogen-bond donors (Lipinski definition) is 0. The van der Waals surface area contributed by atoms with Gasteiger partial charge < -0.3 is 9.13 Å². The van der Waals surface area contributed by atoms with Crippen LogP contribution >= 0.6 is 11.3 Å². The lowest BCUT2D eigenvalue weighted by molar-refractivity contribution is 1.07. The molecule has 0 N–H and O–H groups in total. The predicted octanol–water partition coefficient (Wildman–Crippen LogP) is 16.8. The number of para-hydroxylation sites is 3. The molecule has 4 heterocycles. The van der Waals surface area contributed by atoms with E-state index in [2.05, 4.69) is 240 Å². The number of benzene rings is 10. The molecule has 69 heavy (non-hydrogen) atoms. The third kappa shape index (κ3) is 6.49. The minimum absolute atomic E-state index is 0.620. The predicted molar refractivity (Wildman–Crippen MR) is 289 cm³/mol. The van der Waals surface area contributed by atoms with Crippen molar-refractivity contribution >= 4 is 75.1 Å². The minimum Gasteiger partial charge on any atom is -0.307 e. The summed E-state index contributed by atoms with van der Waals surface area (Å²) >= 11 is 1.81. The molecule has 0 fully saturated rings. The Morgan fingerprint density at radius 3 is 1.48 bits per heavy atom. The van der Waals surface area contributed by atoms with Crippen molar-refractivity contribution in [3.05, 3.63) is 237 Å². The SMILES string of the molecule is c1ccc(-c2cccc(-c3nc(-c4ccc5sc6ccccc6c5c4)nc(-c4ccc5c(c4)c4ccccc4n5-c4cccc5c6ccccc6n(-c6cccc(-c7ccccc7)c6)c45)n3)c2)cc1. The molecule has 10 aromatic carbocycles. The molecule has 0 radical (unpaired) electrons. The summed E-state index contributed by atoms with van der Waals surface area (Å²) in [6.45, 7) is 0. The largest absolute Gasteiger partial charge is 0.307 e. The Morgan fingerprint density at radius 2 is 0.754 bits per heavy atom. The van der Waals surface area contributed by atoms with Crippen LogP contribution in [-0.4, -0.2) is 24.1 Å². The zero-order chi connectivity index (χ0) is 45.4. The molecule has 322 valence electrons. The molecule has 0 amide bonds. The molecule has 0 aliphatic rings. The summed E-state index contributed by atoms with van der Waals surface area (Å²) in [6.07, 6.45) is 0. The standard InChI is InChI=1S/C63H39N5S/c1-3-16-40(17-4-1)42-20-13-22-44(36-42)61-64-62(66-63(65-61)46-33-35-59-53(39-46)50-26-9-12-31-58(50)69-59)45-32-34-56-52(38-45)49-25-8-11-29-55(49)68(56)57-30-15-27-51-48-24-7-10-28-54(48)67(60(51)57)47-23-14-21-43(37-47)41-18-5-2-6-19-41/h1-39H.